The molecule has 0 saturated heterocycles. The Morgan fingerprint density at radius 1 is 1.19 bits per heavy atom. The number of carboxylic acid groups (broad SMARTS) is 1. The predicted octanol–water partition coefficient (Wildman–Crippen LogP) is 3.18. The van der Waals surface area contributed by atoms with Gasteiger partial charge in [0.2, 0.25) is 0 Å². The van der Waals surface area contributed by atoms with E-state index in [1.54, 1.807) is 30.8 Å². The fourth-order valence-corrected chi connectivity index (χ4v) is 3.67. The minimum absolute atomic E-state index is 0.350. The molecule has 2 aromatic rings. The Hall–Kier alpha value is -2.70. The molecule has 1 aromatic heterocycles. The van der Waals surface area contributed by atoms with Gasteiger partial charge in [0, 0.05) is 7.05 Å². The third kappa shape index (κ3) is 2.98. The van der Waals surface area contributed by atoms with Gasteiger partial charge in [0.05, 0.1) is 23.1 Å². The first-order valence-electron chi connectivity index (χ1n) is 8.69. The van der Waals surface area contributed by atoms with Crippen molar-refractivity contribution in [2.75, 3.05) is 7.05 Å². The molecular formula is C19H22FN3O3. The molecule has 0 bridgehead atoms. The fourth-order valence-electron chi connectivity index (χ4n) is 3.67. The lowest BCUT2D eigenvalue weighted by atomic mass is 9.80. The summed E-state index contributed by atoms with van der Waals surface area (Å²) in [6.07, 6.45) is 4.91. The van der Waals surface area contributed by atoms with Gasteiger partial charge >= 0.3 is 5.97 Å². The zero-order valence-electron chi connectivity index (χ0n) is 14.9. The molecule has 6 nitrogen and oxygen atoms in total. The van der Waals surface area contributed by atoms with Gasteiger partial charge in [-0.3, -0.25) is 4.79 Å². The van der Waals surface area contributed by atoms with Crippen LogP contribution in [0.3, 0.4) is 0 Å². The number of carbonyl (C=O) groups is 2. The molecule has 1 fully saturated rings. The average Bonchev–Trinajstić information content (AvgIpc) is 3.03. The first-order chi connectivity index (χ1) is 12.4. The van der Waals surface area contributed by atoms with Crippen LogP contribution in [0.15, 0.2) is 30.5 Å². The average molecular weight is 359 g/mol. The molecule has 1 heterocycles. The van der Waals surface area contributed by atoms with Crippen LogP contribution >= 0.6 is 0 Å². The quantitative estimate of drug-likeness (QED) is 0.910. The van der Waals surface area contributed by atoms with E-state index in [1.165, 1.54) is 23.2 Å². The minimum Gasteiger partial charge on any atom is -0.479 e. The first kappa shape index (κ1) is 18.1. The SMILES string of the molecule is Cc1c(C(=O)N(C)C2(C(=O)O)CCCCC2)cnn1-c1ccc(F)cc1. The Kier molecular flexibility index (Phi) is 4.80. The molecule has 3 rings (SSSR count). The topological polar surface area (TPSA) is 75.4 Å². The number of aliphatic carboxylic acids is 1. The van der Waals surface area contributed by atoms with Crippen LogP contribution in [0.5, 0.6) is 0 Å². The van der Waals surface area contributed by atoms with E-state index >= 15 is 0 Å². The van der Waals surface area contributed by atoms with E-state index in [-0.39, 0.29) is 11.7 Å². The maximum absolute atomic E-state index is 13.1. The van der Waals surface area contributed by atoms with Crippen LogP contribution in [0, 0.1) is 12.7 Å². The van der Waals surface area contributed by atoms with Gasteiger partial charge in [-0.1, -0.05) is 19.3 Å². The van der Waals surface area contributed by atoms with Crippen LogP contribution in [0.1, 0.15) is 48.2 Å². The zero-order valence-corrected chi connectivity index (χ0v) is 14.9. The summed E-state index contributed by atoms with van der Waals surface area (Å²) in [5.74, 6) is -1.67. The highest BCUT2D eigenvalue weighted by atomic mass is 19.1. The Bertz CT molecular complexity index is 823. The standard InChI is InChI=1S/C19H22FN3O3/c1-13-16(12-21-23(13)15-8-6-14(20)7-9-15)17(24)22(2)19(18(25)26)10-4-3-5-11-19/h6-9,12H,3-5,10-11H2,1-2H3,(H,25,26). The molecule has 0 spiro atoms. The second kappa shape index (κ2) is 6.90. The van der Waals surface area contributed by atoms with Gasteiger partial charge in [-0.2, -0.15) is 5.10 Å². The van der Waals surface area contributed by atoms with Crippen LogP contribution in [0.2, 0.25) is 0 Å². The van der Waals surface area contributed by atoms with Gasteiger partial charge in [0.15, 0.2) is 0 Å². The Morgan fingerprint density at radius 3 is 2.38 bits per heavy atom. The summed E-state index contributed by atoms with van der Waals surface area (Å²) in [6.45, 7) is 1.74. The molecule has 1 aromatic carbocycles. The number of rotatable bonds is 4. The number of likely N-dealkylation sites (N-methyl/N-ethyl adjacent to an activating group) is 1. The van der Waals surface area contributed by atoms with E-state index in [1.807, 2.05) is 0 Å². The second-order valence-electron chi connectivity index (χ2n) is 6.79. The summed E-state index contributed by atoms with van der Waals surface area (Å²) in [4.78, 5) is 26.3. The van der Waals surface area contributed by atoms with Crippen molar-refractivity contribution >= 4 is 11.9 Å². The largest absolute Gasteiger partial charge is 0.479 e. The van der Waals surface area contributed by atoms with E-state index in [2.05, 4.69) is 5.10 Å². The van der Waals surface area contributed by atoms with Crippen LogP contribution in [-0.4, -0.2) is 44.3 Å². The Balaban J connectivity index is 1.92. The highest BCUT2D eigenvalue weighted by Gasteiger charge is 2.46. The Labute approximate surface area is 151 Å². The van der Waals surface area contributed by atoms with Crippen molar-refractivity contribution in [1.82, 2.24) is 14.7 Å². The molecule has 1 aliphatic carbocycles. The third-order valence-electron chi connectivity index (χ3n) is 5.34. The number of hydrogen-bond donors (Lipinski definition) is 1. The third-order valence-corrected chi connectivity index (χ3v) is 5.34. The summed E-state index contributed by atoms with van der Waals surface area (Å²) in [5, 5.41) is 14.0. The van der Waals surface area contributed by atoms with E-state index < -0.39 is 11.5 Å². The molecule has 0 unspecified atom stereocenters. The first-order valence-corrected chi connectivity index (χ1v) is 8.69. The molecule has 7 heteroatoms. The van der Waals surface area contributed by atoms with Crippen LogP contribution < -0.4 is 0 Å². The second-order valence-corrected chi connectivity index (χ2v) is 6.79. The lowest BCUT2D eigenvalue weighted by Crippen LogP contribution is -2.56. The molecule has 0 radical (unpaired) electrons. The van der Waals surface area contributed by atoms with Crippen molar-refractivity contribution in [1.29, 1.82) is 0 Å². The number of aromatic nitrogens is 2. The highest BCUT2D eigenvalue weighted by Crippen LogP contribution is 2.34. The summed E-state index contributed by atoms with van der Waals surface area (Å²) in [6, 6.07) is 5.80. The summed E-state index contributed by atoms with van der Waals surface area (Å²) < 4.78 is 14.7. The number of carboxylic acids is 1. The van der Waals surface area contributed by atoms with E-state index in [0.717, 1.165) is 19.3 Å². The van der Waals surface area contributed by atoms with Gasteiger partial charge < -0.3 is 10.0 Å². The van der Waals surface area contributed by atoms with Crippen molar-refractivity contribution in [3.05, 3.63) is 47.5 Å². The molecule has 0 atom stereocenters. The van der Waals surface area contributed by atoms with E-state index in [4.69, 9.17) is 0 Å². The normalized spacial score (nSPS) is 16.3. The molecular weight excluding hydrogens is 337 g/mol. The van der Waals surface area contributed by atoms with E-state index in [0.29, 0.717) is 29.8 Å². The van der Waals surface area contributed by atoms with E-state index in [9.17, 15) is 19.1 Å². The van der Waals surface area contributed by atoms with Gasteiger partial charge in [-0.25, -0.2) is 13.9 Å². The lowest BCUT2D eigenvalue weighted by Gasteiger charge is -2.40. The van der Waals surface area contributed by atoms with Crippen LogP contribution in [0.4, 0.5) is 4.39 Å². The van der Waals surface area contributed by atoms with Gasteiger partial charge in [0.25, 0.3) is 5.91 Å². The predicted molar refractivity (Wildman–Crippen MR) is 93.8 cm³/mol. The highest BCUT2D eigenvalue weighted by molar-refractivity contribution is 5.98. The molecule has 1 aliphatic rings. The van der Waals surface area contributed by atoms with Crippen molar-refractivity contribution in [3.8, 4) is 5.69 Å². The van der Waals surface area contributed by atoms with Crippen molar-refractivity contribution in [3.63, 3.8) is 0 Å². The summed E-state index contributed by atoms with van der Waals surface area (Å²) in [7, 11) is 1.55. The number of carbonyl (C=O) groups excluding carboxylic acids is 1. The maximum Gasteiger partial charge on any atom is 0.329 e. The van der Waals surface area contributed by atoms with Gasteiger partial charge in [0.1, 0.15) is 11.4 Å². The van der Waals surface area contributed by atoms with Crippen LogP contribution in [0.25, 0.3) is 5.69 Å². The molecule has 1 N–H and O–H groups in total. The van der Waals surface area contributed by atoms with Crippen molar-refractivity contribution in [2.45, 2.75) is 44.6 Å². The fraction of sp³-hybridized carbons (Fsp3) is 0.421. The maximum atomic E-state index is 13.1. The number of hydrogen-bond acceptors (Lipinski definition) is 3. The monoisotopic (exact) mass is 359 g/mol. The minimum atomic E-state index is -1.17. The summed E-state index contributed by atoms with van der Waals surface area (Å²) >= 11 is 0. The Morgan fingerprint density at radius 2 is 1.81 bits per heavy atom. The molecule has 26 heavy (non-hydrogen) atoms. The molecule has 1 saturated carbocycles. The van der Waals surface area contributed by atoms with Gasteiger partial charge in [-0.15, -0.1) is 0 Å². The zero-order chi connectivity index (χ0) is 18.9. The van der Waals surface area contributed by atoms with Crippen molar-refractivity contribution < 1.29 is 19.1 Å². The molecule has 138 valence electrons. The smallest absolute Gasteiger partial charge is 0.329 e. The number of benzene rings is 1. The lowest BCUT2D eigenvalue weighted by molar-refractivity contribution is -0.151. The van der Waals surface area contributed by atoms with Crippen molar-refractivity contribution in [2.24, 2.45) is 0 Å². The summed E-state index contributed by atoms with van der Waals surface area (Å²) in [5.41, 5.74) is 0.406. The van der Waals surface area contributed by atoms with Crippen LogP contribution in [-0.2, 0) is 4.79 Å². The number of nitrogens with zero attached hydrogens (tertiary/aromatic N) is 3. The molecule has 0 aliphatic heterocycles. The molecule has 1 amide bonds. The number of halogens is 1. The number of amides is 1. The van der Waals surface area contributed by atoms with Gasteiger partial charge in [-0.05, 0) is 44.0 Å².